The first kappa shape index (κ1) is 13.0. The van der Waals surface area contributed by atoms with Crippen LogP contribution in [0.4, 0.5) is 0 Å². The summed E-state index contributed by atoms with van der Waals surface area (Å²) in [5.74, 6) is -0.00791. The number of allylic oxidation sites excluding steroid dienone is 1. The summed E-state index contributed by atoms with van der Waals surface area (Å²) in [6, 6.07) is 2.10. The number of carbonyl (C=O) groups excluding carboxylic acids is 1. The van der Waals surface area contributed by atoms with Crippen LogP contribution in [0, 0.1) is 13.8 Å². The SMILES string of the molecule is CCCn1c(C)cc(/C=C/C(=O)CCl)c1C. The lowest BCUT2D eigenvalue weighted by atomic mass is 10.2. The molecule has 0 amide bonds. The molecule has 88 valence electrons. The van der Waals surface area contributed by atoms with Crippen LogP contribution in [0.1, 0.15) is 30.3 Å². The molecule has 0 bridgehead atoms. The summed E-state index contributed by atoms with van der Waals surface area (Å²) in [6.07, 6.45) is 4.50. The number of ketones is 1. The predicted molar refractivity (Wildman–Crippen MR) is 69.0 cm³/mol. The average molecular weight is 240 g/mol. The highest BCUT2D eigenvalue weighted by atomic mass is 35.5. The molecular weight excluding hydrogens is 222 g/mol. The molecule has 0 fully saturated rings. The molecule has 2 nitrogen and oxygen atoms in total. The van der Waals surface area contributed by atoms with Gasteiger partial charge in [0.2, 0.25) is 0 Å². The number of nitrogens with zero attached hydrogens (tertiary/aromatic N) is 1. The van der Waals surface area contributed by atoms with Crippen LogP contribution in [0.5, 0.6) is 0 Å². The van der Waals surface area contributed by atoms with Gasteiger partial charge in [0.25, 0.3) is 0 Å². The highest BCUT2D eigenvalue weighted by Crippen LogP contribution is 2.17. The fourth-order valence-corrected chi connectivity index (χ4v) is 1.88. The van der Waals surface area contributed by atoms with E-state index in [1.54, 1.807) is 6.08 Å². The van der Waals surface area contributed by atoms with E-state index >= 15 is 0 Å². The molecule has 0 aliphatic heterocycles. The Morgan fingerprint density at radius 2 is 2.19 bits per heavy atom. The van der Waals surface area contributed by atoms with Gasteiger partial charge in [0, 0.05) is 17.9 Å². The smallest absolute Gasteiger partial charge is 0.170 e. The number of carbonyl (C=O) groups is 1. The number of rotatable bonds is 5. The maximum Gasteiger partial charge on any atom is 0.170 e. The molecule has 1 heterocycles. The second-order valence-electron chi connectivity index (χ2n) is 3.91. The summed E-state index contributed by atoms with van der Waals surface area (Å²) in [5.41, 5.74) is 3.54. The molecule has 0 atom stereocenters. The summed E-state index contributed by atoms with van der Waals surface area (Å²) in [5, 5.41) is 0. The fraction of sp³-hybridized carbons (Fsp3) is 0.462. The van der Waals surface area contributed by atoms with Crippen molar-refractivity contribution in [2.75, 3.05) is 5.88 Å². The normalized spacial score (nSPS) is 11.2. The van der Waals surface area contributed by atoms with Crippen molar-refractivity contribution in [1.82, 2.24) is 4.57 Å². The van der Waals surface area contributed by atoms with Crippen molar-refractivity contribution in [2.24, 2.45) is 0 Å². The molecule has 0 spiro atoms. The molecule has 0 unspecified atom stereocenters. The first-order valence-corrected chi connectivity index (χ1v) is 6.07. The number of alkyl halides is 1. The van der Waals surface area contributed by atoms with Gasteiger partial charge in [0.05, 0.1) is 5.88 Å². The van der Waals surface area contributed by atoms with E-state index in [2.05, 4.69) is 31.4 Å². The summed E-state index contributed by atoms with van der Waals surface area (Å²) >= 11 is 5.44. The monoisotopic (exact) mass is 239 g/mol. The number of hydrogen-bond acceptors (Lipinski definition) is 1. The molecule has 1 rings (SSSR count). The summed E-state index contributed by atoms with van der Waals surface area (Å²) in [6.45, 7) is 7.34. The molecular formula is C13H18ClNO. The van der Waals surface area contributed by atoms with E-state index in [4.69, 9.17) is 11.6 Å². The molecule has 0 radical (unpaired) electrons. The number of aromatic nitrogens is 1. The van der Waals surface area contributed by atoms with Gasteiger partial charge < -0.3 is 4.57 Å². The van der Waals surface area contributed by atoms with Crippen LogP contribution in [-0.4, -0.2) is 16.2 Å². The van der Waals surface area contributed by atoms with E-state index in [1.165, 1.54) is 11.4 Å². The van der Waals surface area contributed by atoms with Gasteiger partial charge in [-0.2, -0.15) is 0 Å². The van der Waals surface area contributed by atoms with E-state index in [0.717, 1.165) is 18.5 Å². The molecule has 1 aromatic heterocycles. The van der Waals surface area contributed by atoms with Crippen molar-refractivity contribution in [3.8, 4) is 0 Å². The molecule has 0 aliphatic carbocycles. The first-order chi connectivity index (χ1) is 7.60. The Morgan fingerprint density at radius 1 is 1.50 bits per heavy atom. The Morgan fingerprint density at radius 3 is 2.75 bits per heavy atom. The third-order valence-corrected chi connectivity index (χ3v) is 2.90. The molecule has 0 aliphatic rings. The van der Waals surface area contributed by atoms with Crippen molar-refractivity contribution in [3.05, 3.63) is 29.1 Å². The zero-order valence-electron chi connectivity index (χ0n) is 10.1. The Hall–Kier alpha value is -1.02. The van der Waals surface area contributed by atoms with Crippen LogP contribution in [0.3, 0.4) is 0 Å². The molecule has 0 saturated heterocycles. The average Bonchev–Trinajstić information content (AvgIpc) is 2.54. The van der Waals surface area contributed by atoms with Gasteiger partial charge >= 0.3 is 0 Å². The van der Waals surface area contributed by atoms with Gasteiger partial charge in [0.15, 0.2) is 5.78 Å². The van der Waals surface area contributed by atoms with Gasteiger partial charge in [-0.15, -0.1) is 11.6 Å². The third kappa shape index (κ3) is 2.99. The van der Waals surface area contributed by atoms with Crippen molar-refractivity contribution in [3.63, 3.8) is 0 Å². The lowest BCUT2D eigenvalue weighted by molar-refractivity contribution is -0.112. The second-order valence-corrected chi connectivity index (χ2v) is 4.18. The van der Waals surface area contributed by atoms with Gasteiger partial charge in [-0.3, -0.25) is 4.79 Å². The minimum absolute atomic E-state index is 0.0458. The third-order valence-electron chi connectivity index (χ3n) is 2.64. The summed E-state index contributed by atoms with van der Waals surface area (Å²) < 4.78 is 2.27. The van der Waals surface area contributed by atoms with Crippen molar-refractivity contribution >= 4 is 23.5 Å². The van der Waals surface area contributed by atoms with Crippen LogP contribution in [-0.2, 0) is 11.3 Å². The zero-order valence-corrected chi connectivity index (χ0v) is 10.8. The highest BCUT2D eigenvalue weighted by molar-refractivity contribution is 6.29. The molecule has 0 saturated carbocycles. The lowest BCUT2D eigenvalue weighted by Crippen LogP contribution is -2.01. The maximum absolute atomic E-state index is 11.1. The van der Waals surface area contributed by atoms with Crippen molar-refractivity contribution in [1.29, 1.82) is 0 Å². The van der Waals surface area contributed by atoms with Crippen molar-refractivity contribution in [2.45, 2.75) is 33.7 Å². The van der Waals surface area contributed by atoms with E-state index in [0.29, 0.717) is 0 Å². The molecule has 3 heteroatoms. The fourth-order valence-electron chi connectivity index (χ4n) is 1.79. The van der Waals surface area contributed by atoms with Gasteiger partial charge in [-0.1, -0.05) is 6.92 Å². The van der Waals surface area contributed by atoms with Crippen LogP contribution in [0.15, 0.2) is 12.1 Å². The Bertz CT molecular complexity index is 404. The van der Waals surface area contributed by atoms with E-state index in [1.807, 2.05) is 6.08 Å². The predicted octanol–water partition coefficient (Wildman–Crippen LogP) is 3.34. The summed E-state index contributed by atoms with van der Waals surface area (Å²) in [7, 11) is 0. The minimum Gasteiger partial charge on any atom is -0.349 e. The van der Waals surface area contributed by atoms with Gasteiger partial charge in [-0.05, 0) is 44.1 Å². The van der Waals surface area contributed by atoms with Crippen molar-refractivity contribution < 1.29 is 4.79 Å². The topological polar surface area (TPSA) is 22.0 Å². The molecule has 0 N–H and O–H groups in total. The Kier molecular flexibility index (Phi) is 4.81. The van der Waals surface area contributed by atoms with Crippen LogP contribution >= 0.6 is 11.6 Å². The quantitative estimate of drug-likeness (QED) is 0.571. The van der Waals surface area contributed by atoms with Crippen LogP contribution in [0.25, 0.3) is 6.08 Å². The Balaban J connectivity index is 2.94. The first-order valence-electron chi connectivity index (χ1n) is 5.53. The van der Waals surface area contributed by atoms with Crippen LogP contribution in [0.2, 0.25) is 0 Å². The lowest BCUT2D eigenvalue weighted by Gasteiger charge is -2.06. The summed E-state index contributed by atoms with van der Waals surface area (Å²) in [4.78, 5) is 11.1. The second kappa shape index (κ2) is 5.90. The van der Waals surface area contributed by atoms with E-state index < -0.39 is 0 Å². The van der Waals surface area contributed by atoms with E-state index in [9.17, 15) is 4.79 Å². The minimum atomic E-state index is -0.0537. The zero-order chi connectivity index (χ0) is 12.1. The van der Waals surface area contributed by atoms with E-state index in [-0.39, 0.29) is 11.7 Å². The number of aryl methyl sites for hydroxylation is 1. The molecule has 16 heavy (non-hydrogen) atoms. The Labute approximate surface area is 102 Å². The highest BCUT2D eigenvalue weighted by Gasteiger charge is 2.05. The largest absolute Gasteiger partial charge is 0.349 e. The number of hydrogen-bond donors (Lipinski definition) is 0. The van der Waals surface area contributed by atoms with Gasteiger partial charge in [-0.25, -0.2) is 0 Å². The molecule has 1 aromatic rings. The standard InChI is InChI=1S/C13H18ClNO/c1-4-7-15-10(2)8-12(11(15)3)5-6-13(16)9-14/h5-6,8H,4,7,9H2,1-3H3/b6-5+. The molecule has 0 aromatic carbocycles. The number of halogens is 1. The van der Waals surface area contributed by atoms with Gasteiger partial charge in [0.1, 0.15) is 0 Å². The van der Waals surface area contributed by atoms with Crippen LogP contribution < -0.4 is 0 Å². The maximum atomic E-state index is 11.1.